The highest BCUT2D eigenvalue weighted by molar-refractivity contribution is 5.94. The summed E-state index contributed by atoms with van der Waals surface area (Å²) >= 11 is 0. The van der Waals surface area contributed by atoms with Gasteiger partial charge in [-0.1, -0.05) is 96.8 Å². The van der Waals surface area contributed by atoms with E-state index in [0.717, 1.165) is 12.8 Å². The molecular weight excluding hydrogens is 564 g/mol. The number of phenolic OH excluding ortho intramolecular Hbond substituents is 1. The van der Waals surface area contributed by atoms with Crippen molar-refractivity contribution in [2.24, 2.45) is 0 Å². The number of aromatic hydroxyl groups is 1. The first-order valence-corrected chi connectivity index (χ1v) is 16.9. The van der Waals surface area contributed by atoms with Crippen molar-refractivity contribution in [1.29, 1.82) is 0 Å². The SMILES string of the molecule is CCCCCCCCCCCCCCCCCC(=O)NCNC(=O)c1ccc(Oc2ccc(Oc3ccc(O)cc3)cc2)cc1. The minimum Gasteiger partial charge on any atom is -0.508 e. The number of phenols is 1. The topological polar surface area (TPSA) is 96.9 Å². The maximum absolute atomic E-state index is 12.5. The molecule has 3 N–H and O–H groups in total. The lowest BCUT2D eigenvalue weighted by molar-refractivity contribution is -0.121. The van der Waals surface area contributed by atoms with E-state index in [-0.39, 0.29) is 24.2 Å². The Hall–Kier alpha value is -4.00. The number of carbonyl (C=O) groups is 2. The standard InChI is InChI=1S/C38H52N2O5/c1-2-3-4-5-6-7-8-9-10-11-12-13-14-15-16-17-37(42)39-30-40-38(43)31-18-22-33(23-19-31)44-35-26-28-36(29-27-35)45-34-24-20-32(41)21-25-34/h18-29,41H,2-17,30H2,1H3,(H,39,42)(H,40,43). The summed E-state index contributed by atoms with van der Waals surface area (Å²) in [4.78, 5) is 24.6. The molecule has 3 aromatic rings. The van der Waals surface area contributed by atoms with E-state index in [4.69, 9.17) is 9.47 Å². The molecule has 0 heterocycles. The van der Waals surface area contributed by atoms with Crippen molar-refractivity contribution < 1.29 is 24.2 Å². The van der Waals surface area contributed by atoms with Crippen LogP contribution in [-0.2, 0) is 4.79 Å². The number of carbonyl (C=O) groups excluding carboxylic acids is 2. The monoisotopic (exact) mass is 616 g/mol. The zero-order chi connectivity index (χ0) is 32.0. The third-order valence-corrected chi connectivity index (χ3v) is 7.79. The minimum atomic E-state index is -0.260. The van der Waals surface area contributed by atoms with Crippen molar-refractivity contribution in [3.05, 3.63) is 78.4 Å². The van der Waals surface area contributed by atoms with Crippen LogP contribution >= 0.6 is 0 Å². The van der Waals surface area contributed by atoms with Gasteiger partial charge < -0.3 is 25.2 Å². The van der Waals surface area contributed by atoms with Gasteiger partial charge in [-0.05, 0) is 79.2 Å². The van der Waals surface area contributed by atoms with Crippen LogP contribution in [0.25, 0.3) is 0 Å². The van der Waals surface area contributed by atoms with Gasteiger partial charge in [-0.2, -0.15) is 0 Å². The van der Waals surface area contributed by atoms with Crippen LogP contribution in [0.5, 0.6) is 28.7 Å². The summed E-state index contributed by atoms with van der Waals surface area (Å²) in [7, 11) is 0. The van der Waals surface area contributed by atoms with E-state index < -0.39 is 0 Å². The third kappa shape index (κ3) is 15.5. The Morgan fingerprint density at radius 2 is 0.911 bits per heavy atom. The van der Waals surface area contributed by atoms with Gasteiger partial charge in [0.05, 0.1) is 6.67 Å². The van der Waals surface area contributed by atoms with E-state index in [1.165, 1.54) is 83.5 Å². The molecular formula is C38H52N2O5. The van der Waals surface area contributed by atoms with Gasteiger partial charge in [0.1, 0.15) is 28.7 Å². The van der Waals surface area contributed by atoms with Crippen molar-refractivity contribution in [1.82, 2.24) is 10.6 Å². The lowest BCUT2D eigenvalue weighted by atomic mass is 10.0. The van der Waals surface area contributed by atoms with Crippen molar-refractivity contribution in [2.75, 3.05) is 6.67 Å². The van der Waals surface area contributed by atoms with Gasteiger partial charge in [-0.25, -0.2) is 0 Å². The Morgan fingerprint density at radius 3 is 1.36 bits per heavy atom. The van der Waals surface area contributed by atoms with Crippen molar-refractivity contribution in [3.63, 3.8) is 0 Å². The van der Waals surface area contributed by atoms with Gasteiger partial charge >= 0.3 is 0 Å². The summed E-state index contributed by atoms with van der Waals surface area (Å²) < 4.78 is 11.6. The van der Waals surface area contributed by atoms with Gasteiger partial charge in [-0.3, -0.25) is 9.59 Å². The summed E-state index contributed by atoms with van der Waals surface area (Å²) in [6.45, 7) is 2.37. The van der Waals surface area contributed by atoms with Crippen LogP contribution in [0.2, 0.25) is 0 Å². The summed E-state index contributed by atoms with van der Waals surface area (Å²) in [5.74, 6) is 2.37. The number of hydrogen-bond acceptors (Lipinski definition) is 5. The molecule has 0 spiro atoms. The predicted octanol–water partition coefficient (Wildman–Crippen LogP) is 10.0. The number of ether oxygens (including phenoxy) is 2. The molecule has 7 heteroatoms. The molecule has 0 radical (unpaired) electrons. The first-order chi connectivity index (χ1) is 22.0. The van der Waals surface area contributed by atoms with E-state index in [1.807, 2.05) is 0 Å². The lowest BCUT2D eigenvalue weighted by Gasteiger charge is -2.10. The van der Waals surface area contributed by atoms with Crippen LogP contribution in [-0.4, -0.2) is 23.6 Å². The molecule has 7 nitrogen and oxygen atoms in total. The Balaban J connectivity index is 1.19. The largest absolute Gasteiger partial charge is 0.508 e. The Kier molecular flexibility index (Phi) is 17.1. The fourth-order valence-electron chi connectivity index (χ4n) is 5.11. The fourth-order valence-corrected chi connectivity index (χ4v) is 5.11. The fraction of sp³-hybridized carbons (Fsp3) is 0.474. The third-order valence-electron chi connectivity index (χ3n) is 7.79. The summed E-state index contributed by atoms with van der Waals surface area (Å²) in [6.07, 6.45) is 20.0. The number of rotatable bonds is 23. The first kappa shape index (κ1) is 35.5. The Labute approximate surface area is 269 Å². The molecule has 0 saturated carbocycles. The van der Waals surface area contributed by atoms with E-state index in [9.17, 15) is 14.7 Å². The minimum absolute atomic E-state index is 0.0340. The zero-order valence-electron chi connectivity index (χ0n) is 27.0. The molecule has 0 aromatic heterocycles. The lowest BCUT2D eigenvalue weighted by Crippen LogP contribution is -2.37. The quantitative estimate of drug-likeness (QED) is 0.0728. The molecule has 0 bridgehead atoms. The highest BCUT2D eigenvalue weighted by Gasteiger charge is 2.08. The maximum Gasteiger partial charge on any atom is 0.252 e. The first-order valence-electron chi connectivity index (χ1n) is 16.9. The number of nitrogens with one attached hydrogen (secondary N) is 2. The van der Waals surface area contributed by atoms with E-state index in [1.54, 1.807) is 72.8 Å². The number of amides is 2. The van der Waals surface area contributed by atoms with Crippen LogP contribution in [0.3, 0.4) is 0 Å². The van der Waals surface area contributed by atoms with Gasteiger partial charge in [-0.15, -0.1) is 0 Å². The van der Waals surface area contributed by atoms with Gasteiger partial charge in [0.25, 0.3) is 5.91 Å². The van der Waals surface area contributed by atoms with Gasteiger partial charge in [0.15, 0.2) is 0 Å². The average molecular weight is 617 g/mol. The molecule has 0 aliphatic carbocycles. The van der Waals surface area contributed by atoms with Crippen LogP contribution in [0.1, 0.15) is 120 Å². The molecule has 3 aromatic carbocycles. The average Bonchev–Trinajstić information content (AvgIpc) is 3.05. The smallest absolute Gasteiger partial charge is 0.252 e. The maximum atomic E-state index is 12.5. The summed E-state index contributed by atoms with van der Waals surface area (Å²) in [5.41, 5.74) is 0.483. The predicted molar refractivity (Wildman–Crippen MR) is 181 cm³/mol. The van der Waals surface area contributed by atoms with E-state index in [2.05, 4.69) is 17.6 Å². The molecule has 244 valence electrons. The van der Waals surface area contributed by atoms with Gasteiger partial charge in [0.2, 0.25) is 5.91 Å². The second-order valence-corrected chi connectivity index (χ2v) is 11.7. The number of hydrogen-bond donors (Lipinski definition) is 3. The molecule has 0 saturated heterocycles. The molecule has 0 fully saturated rings. The van der Waals surface area contributed by atoms with Crippen molar-refractivity contribution in [3.8, 4) is 28.7 Å². The van der Waals surface area contributed by atoms with Gasteiger partial charge in [0, 0.05) is 12.0 Å². The second-order valence-electron chi connectivity index (χ2n) is 11.7. The molecule has 0 aliphatic heterocycles. The van der Waals surface area contributed by atoms with E-state index >= 15 is 0 Å². The summed E-state index contributed by atoms with van der Waals surface area (Å²) in [5, 5.41) is 14.9. The molecule has 45 heavy (non-hydrogen) atoms. The molecule has 0 unspecified atom stereocenters. The highest BCUT2D eigenvalue weighted by Crippen LogP contribution is 2.27. The van der Waals surface area contributed by atoms with Crippen molar-refractivity contribution in [2.45, 2.75) is 110 Å². The van der Waals surface area contributed by atoms with Crippen LogP contribution in [0.15, 0.2) is 72.8 Å². The zero-order valence-corrected chi connectivity index (χ0v) is 27.0. The number of benzene rings is 3. The van der Waals surface area contributed by atoms with Crippen molar-refractivity contribution >= 4 is 11.8 Å². The van der Waals surface area contributed by atoms with Crippen LogP contribution in [0, 0.1) is 0 Å². The molecule has 3 rings (SSSR count). The normalized spacial score (nSPS) is 10.8. The van der Waals surface area contributed by atoms with Crippen LogP contribution in [0.4, 0.5) is 0 Å². The van der Waals surface area contributed by atoms with E-state index in [0.29, 0.717) is 35.0 Å². The molecule has 2 amide bonds. The Bertz CT molecular complexity index is 1230. The summed E-state index contributed by atoms with van der Waals surface area (Å²) in [6, 6.07) is 20.5. The van der Waals surface area contributed by atoms with Crippen LogP contribution < -0.4 is 20.1 Å². The highest BCUT2D eigenvalue weighted by atomic mass is 16.5. The second kappa shape index (κ2) is 21.7. The number of unbranched alkanes of at least 4 members (excludes halogenated alkanes) is 14. The molecule has 0 atom stereocenters. The Morgan fingerprint density at radius 1 is 0.533 bits per heavy atom. The molecule has 0 aliphatic rings.